The molecule has 2 aromatic carbocycles. The number of nitrogens with one attached hydrogen (secondary N) is 4. The highest BCUT2D eigenvalue weighted by Crippen LogP contribution is 2.08. The Bertz CT molecular complexity index is 1320. The Labute approximate surface area is 235 Å². The summed E-state index contributed by atoms with van der Waals surface area (Å²) in [6, 6.07) is 12.3. The molecule has 0 saturated heterocycles. The number of rotatable bonds is 15. The monoisotopic (exact) mass is 564 g/mol. The minimum absolute atomic E-state index is 0.0147. The first kappa shape index (κ1) is 30.5. The Hall–Kier alpha value is -5.04. The summed E-state index contributed by atoms with van der Waals surface area (Å²) in [5.41, 5.74) is 7.56. The van der Waals surface area contributed by atoms with Crippen LogP contribution in [0.15, 0.2) is 73.2 Å². The van der Waals surface area contributed by atoms with Crippen molar-refractivity contribution in [3.05, 3.63) is 90.0 Å². The molecule has 13 heteroatoms. The van der Waals surface area contributed by atoms with Gasteiger partial charge in [-0.3, -0.25) is 19.2 Å². The molecule has 216 valence electrons. The number of carbonyl (C=O) groups is 5. The predicted molar refractivity (Wildman–Crippen MR) is 146 cm³/mol. The molecule has 4 atom stereocenters. The van der Waals surface area contributed by atoms with Crippen LogP contribution in [-0.2, 0) is 43.2 Å². The first-order chi connectivity index (χ1) is 19.6. The van der Waals surface area contributed by atoms with E-state index in [2.05, 4.69) is 25.9 Å². The number of benzene rings is 2. The van der Waals surface area contributed by atoms with E-state index in [0.717, 1.165) is 0 Å². The fourth-order valence-electron chi connectivity index (χ4n) is 4.04. The van der Waals surface area contributed by atoms with Crippen LogP contribution in [0.2, 0.25) is 0 Å². The molecule has 3 amide bonds. The Morgan fingerprint density at radius 1 is 0.732 bits per heavy atom. The van der Waals surface area contributed by atoms with E-state index in [1.807, 2.05) is 0 Å². The van der Waals surface area contributed by atoms with Crippen molar-refractivity contribution in [1.82, 2.24) is 25.9 Å². The lowest BCUT2D eigenvalue weighted by molar-refractivity contribution is -0.142. The first-order valence-corrected chi connectivity index (χ1v) is 12.8. The highest BCUT2D eigenvalue weighted by molar-refractivity contribution is 5.95. The van der Waals surface area contributed by atoms with E-state index in [1.54, 1.807) is 60.7 Å². The van der Waals surface area contributed by atoms with E-state index < -0.39 is 60.2 Å². The quantitative estimate of drug-likeness (QED) is 0.130. The lowest BCUT2D eigenvalue weighted by Crippen LogP contribution is -2.58. The van der Waals surface area contributed by atoms with Crippen molar-refractivity contribution in [1.29, 1.82) is 0 Å². The number of nitrogens with two attached hydrogens (primary N) is 1. The van der Waals surface area contributed by atoms with Crippen molar-refractivity contribution in [2.45, 2.75) is 49.9 Å². The molecular weight excluding hydrogens is 532 g/mol. The minimum atomic E-state index is -1.41. The number of aliphatic carboxylic acids is 2. The van der Waals surface area contributed by atoms with E-state index in [4.69, 9.17) is 10.8 Å². The summed E-state index contributed by atoms with van der Waals surface area (Å²) in [5, 5.41) is 26.3. The number of amides is 3. The maximum Gasteiger partial charge on any atom is 0.326 e. The number of nitrogens with zero attached hydrogens (tertiary/aromatic N) is 1. The van der Waals surface area contributed by atoms with Crippen LogP contribution in [0.5, 0.6) is 0 Å². The zero-order chi connectivity index (χ0) is 29.8. The molecule has 8 N–H and O–H groups in total. The molecule has 0 radical (unpaired) electrons. The number of carbonyl (C=O) groups excluding carboxylic acids is 3. The van der Waals surface area contributed by atoms with Crippen LogP contribution in [0.1, 0.15) is 23.2 Å². The molecule has 0 aliphatic carbocycles. The lowest BCUT2D eigenvalue weighted by atomic mass is 10.0. The van der Waals surface area contributed by atoms with Gasteiger partial charge in [0.05, 0.1) is 18.8 Å². The average molecular weight is 565 g/mol. The van der Waals surface area contributed by atoms with Crippen LogP contribution < -0.4 is 21.7 Å². The van der Waals surface area contributed by atoms with E-state index >= 15 is 0 Å². The van der Waals surface area contributed by atoms with Crippen molar-refractivity contribution in [3.8, 4) is 0 Å². The van der Waals surface area contributed by atoms with Gasteiger partial charge in [-0.2, -0.15) is 0 Å². The molecule has 13 nitrogen and oxygen atoms in total. The summed E-state index contributed by atoms with van der Waals surface area (Å²) < 4.78 is 0. The van der Waals surface area contributed by atoms with Crippen LogP contribution in [0.4, 0.5) is 0 Å². The molecule has 0 spiro atoms. The number of carboxylic acid groups (broad SMARTS) is 2. The summed E-state index contributed by atoms with van der Waals surface area (Å²) in [6.07, 6.45) is 2.18. The standard InChI is InChI=1S/C28H32N6O7/c29-20(14-24(35)36)25(37)32-21(11-17-7-3-1-4-8-17)26(38)33-22(13-19-15-30-16-31-19)27(39)34-23(28(40)41)12-18-9-5-2-6-10-18/h1-10,15-16,20-23H,11-14,29H2,(H,30,31)(H,32,37)(H,33,38)(H,34,39)(H,35,36)(H,40,41). The Balaban J connectivity index is 1.81. The largest absolute Gasteiger partial charge is 0.481 e. The second kappa shape index (κ2) is 14.9. The Morgan fingerprint density at radius 2 is 1.22 bits per heavy atom. The molecule has 3 aromatic rings. The number of aromatic nitrogens is 2. The number of imidazole rings is 1. The average Bonchev–Trinajstić information content (AvgIpc) is 3.45. The van der Waals surface area contributed by atoms with Gasteiger partial charge in [0, 0.05) is 31.2 Å². The molecule has 0 bridgehead atoms. The van der Waals surface area contributed by atoms with Crippen LogP contribution >= 0.6 is 0 Å². The Kier molecular flexibility index (Phi) is 11.1. The highest BCUT2D eigenvalue weighted by Gasteiger charge is 2.31. The molecule has 0 saturated carbocycles. The fraction of sp³-hybridized carbons (Fsp3) is 0.286. The van der Waals surface area contributed by atoms with Gasteiger partial charge in [-0.1, -0.05) is 60.7 Å². The number of H-pyrrole nitrogens is 1. The van der Waals surface area contributed by atoms with Gasteiger partial charge in [0.1, 0.15) is 18.1 Å². The van der Waals surface area contributed by atoms with Crippen molar-refractivity contribution in [2.75, 3.05) is 0 Å². The number of aromatic amines is 1. The molecule has 0 aliphatic heterocycles. The van der Waals surface area contributed by atoms with Gasteiger partial charge < -0.3 is 36.9 Å². The minimum Gasteiger partial charge on any atom is -0.481 e. The van der Waals surface area contributed by atoms with Crippen molar-refractivity contribution in [2.24, 2.45) is 5.73 Å². The topological polar surface area (TPSA) is 217 Å². The highest BCUT2D eigenvalue weighted by atomic mass is 16.4. The van der Waals surface area contributed by atoms with Gasteiger partial charge in [0.15, 0.2) is 0 Å². The molecule has 1 heterocycles. The summed E-state index contributed by atoms with van der Waals surface area (Å²) in [7, 11) is 0. The first-order valence-electron chi connectivity index (χ1n) is 12.8. The molecule has 3 rings (SSSR count). The van der Waals surface area contributed by atoms with Gasteiger partial charge in [-0.05, 0) is 11.1 Å². The summed E-state index contributed by atoms with van der Waals surface area (Å²) in [4.78, 5) is 69.2. The smallest absolute Gasteiger partial charge is 0.326 e. The van der Waals surface area contributed by atoms with Gasteiger partial charge in [-0.15, -0.1) is 0 Å². The van der Waals surface area contributed by atoms with Crippen molar-refractivity contribution < 1.29 is 34.2 Å². The summed E-state index contributed by atoms with van der Waals surface area (Å²) >= 11 is 0. The lowest BCUT2D eigenvalue weighted by Gasteiger charge is -2.25. The van der Waals surface area contributed by atoms with Crippen LogP contribution in [0, 0.1) is 0 Å². The van der Waals surface area contributed by atoms with Gasteiger partial charge in [-0.25, -0.2) is 9.78 Å². The molecule has 0 aliphatic rings. The second-order valence-corrected chi connectivity index (χ2v) is 9.39. The van der Waals surface area contributed by atoms with Gasteiger partial charge >= 0.3 is 11.9 Å². The van der Waals surface area contributed by atoms with Crippen molar-refractivity contribution >= 4 is 29.7 Å². The SMILES string of the molecule is NC(CC(=O)O)C(=O)NC(Cc1ccccc1)C(=O)NC(Cc1cnc[nH]1)C(=O)NC(Cc1ccccc1)C(=O)O. The van der Waals surface area contributed by atoms with Crippen LogP contribution in [0.25, 0.3) is 0 Å². The number of carboxylic acids is 2. The van der Waals surface area contributed by atoms with Gasteiger partial charge in [0.2, 0.25) is 17.7 Å². The fourth-order valence-corrected chi connectivity index (χ4v) is 4.04. The summed E-state index contributed by atoms with van der Waals surface area (Å²) in [5.74, 6) is -4.90. The van der Waals surface area contributed by atoms with Gasteiger partial charge in [0.25, 0.3) is 0 Å². The molecule has 0 fully saturated rings. The van der Waals surface area contributed by atoms with Crippen LogP contribution in [-0.4, -0.2) is 74.0 Å². The predicted octanol–water partition coefficient (Wildman–Crippen LogP) is -0.221. The van der Waals surface area contributed by atoms with E-state index in [1.165, 1.54) is 12.5 Å². The number of hydrogen-bond donors (Lipinski definition) is 7. The Morgan fingerprint density at radius 3 is 1.71 bits per heavy atom. The third-order valence-electron chi connectivity index (χ3n) is 6.16. The number of hydrogen-bond acceptors (Lipinski definition) is 7. The van der Waals surface area contributed by atoms with E-state index in [0.29, 0.717) is 16.8 Å². The van der Waals surface area contributed by atoms with Crippen molar-refractivity contribution in [3.63, 3.8) is 0 Å². The van der Waals surface area contributed by atoms with E-state index in [9.17, 15) is 29.1 Å². The maximum atomic E-state index is 13.5. The molecule has 4 unspecified atom stereocenters. The maximum absolute atomic E-state index is 13.5. The molecular formula is C28H32N6O7. The third kappa shape index (κ3) is 9.89. The zero-order valence-corrected chi connectivity index (χ0v) is 22.0. The normalized spacial score (nSPS) is 13.7. The van der Waals surface area contributed by atoms with E-state index in [-0.39, 0.29) is 19.3 Å². The van der Waals surface area contributed by atoms with Crippen LogP contribution in [0.3, 0.4) is 0 Å². The molecule has 41 heavy (non-hydrogen) atoms. The third-order valence-corrected chi connectivity index (χ3v) is 6.16. The zero-order valence-electron chi connectivity index (χ0n) is 22.0. The summed E-state index contributed by atoms with van der Waals surface area (Å²) in [6.45, 7) is 0. The molecule has 1 aromatic heterocycles. The second-order valence-electron chi connectivity index (χ2n) is 9.39.